The number of nitrogens with zero attached hydrogens (tertiary/aromatic N) is 3. The van der Waals surface area contributed by atoms with E-state index in [1.165, 1.54) is 0 Å². The van der Waals surface area contributed by atoms with Crippen LogP contribution in [0.2, 0.25) is 0 Å². The van der Waals surface area contributed by atoms with Crippen LogP contribution in [0.25, 0.3) is 0 Å². The van der Waals surface area contributed by atoms with Crippen LogP contribution in [0.15, 0.2) is 15.9 Å². The number of carbonyl (C=O) groups excluding carboxylic acids is 1. The van der Waals surface area contributed by atoms with Gasteiger partial charge in [-0.15, -0.1) is 0 Å². The van der Waals surface area contributed by atoms with Crippen molar-refractivity contribution in [1.82, 2.24) is 15.4 Å². The molecule has 2 rings (SSSR count). The highest BCUT2D eigenvalue weighted by Crippen LogP contribution is 2.34. The van der Waals surface area contributed by atoms with E-state index in [-0.39, 0.29) is 28.2 Å². The Hall–Kier alpha value is -1.51. The minimum Gasteiger partial charge on any atom is -0.273 e. The second-order valence-corrected chi connectivity index (χ2v) is 3.95. The van der Waals surface area contributed by atoms with Crippen molar-refractivity contribution < 1.29 is 18.0 Å². The van der Waals surface area contributed by atoms with Crippen molar-refractivity contribution in [1.29, 1.82) is 0 Å². The van der Waals surface area contributed by atoms with Gasteiger partial charge in [-0.2, -0.15) is 18.3 Å². The lowest BCUT2D eigenvalue weighted by Gasteiger charge is -2.09. The number of nitrogens with one attached hydrogen (secondary N) is 1. The average molecular weight is 309 g/mol. The normalized spacial score (nSPS) is 15.8. The number of carbonyl (C=O) groups is 1. The number of rotatable bonds is 1. The summed E-state index contributed by atoms with van der Waals surface area (Å²) in [5, 5.41) is 3.60. The topological polar surface area (TPSA) is 67.2 Å². The summed E-state index contributed by atoms with van der Waals surface area (Å²) >= 11 is 2.78. The van der Waals surface area contributed by atoms with Crippen molar-refractivity contribution in [2.45, 2.75) is 12.6 Å². The van der Waals surface area contributed by atoms with E-state index in [9.17, 15) is 18.0 Å². The van der Waals surface area contributed by atoms with Crippen LogP contribution < -0.4 is 5.43 Å². The van der Waals surface area contributed by atoms with Crippen LogP contribution in [0, 0.1) is 0 Å². The van der Waals surface area contributed by atoms with Crippen LogP contribution in [0.3, 0.4) is 0 Å². The summed E-state index contributed by atoms with van der Waals surface area (Å²) in [7, 11) is 0. The van der Waals surface area contributed by atoms with Gasteiger partial charge in [0.2, 0.25) is 5.91 Å². The van der Waals surface area contributed by atoms with E-state index >= 15 is 0 Å². The predicted molar refractivity (Wildman–Crippen MR) is 54.0 cm³/mol. The number of amides is 1. The van der Waals surface area contributed by atoms with Gasteiger partial charge >= 0.3 is 6.18 Å². The molecule has 0 atom stereocenters. The van der Waals surface area contributed by atoms with Crippen LogP contribution in [-0.2, 0) is 11.0 Å². The first-order valence-electron chi connectivity index (χ1n) is 4.33. The third-order valence-corrected chi connectivity index (χ3v) is 2.73. The second kappa shape index (κ2) is 4.06. The fourth-order valence-corrected chi connectivity index (χ4v) is 1.92. The predicted octanol–water partition coefficient (Wildman–Crippen LogP) is 1.48. The van der Waals surface area contributed by atoms with Crippen molar-refractivity contribution in [2.75, 3.05) is 0 Å². The van der Waals surface area contributed by atoms with Gasteiger partial charge < -0.3 is 0 Å². The van der Waals surface area contributed by atoms with Crippen molar-refractivity contribution in [2.24, 2.45) is 5.10 Å². The molecule has 2 heterocycles. The average Bonchev–Trinajstić information content (AvgIpc) is 2.63. The molecule has 90 valence electrons. The highest BCUT2D eigenvalue weighted by Gasteiger charge is 2.37. The van der Waals surface area contributed by atoms with Crippen molar-refractivity contribution in [3.63, 3.8) is 0 Å². The quantitative estimate of drug-likeness (QED) is 0.854. The Balaban J connectivity index is 2.47. The Bertz CT molecular complexity index is 514. The third kappa shape index (κ3) is 2.28. The van der Waals surface area contributed by atoms with Gasteiger partial charge in [0.15, 0.2) is 5.69 Å². The molecule has 1 N–H and O–H groups in total. The summed E-state index contributed by atoms with van der Waals surface area (Å²) in [6, 6.07) is 0. The molecule has 0 saturated heterocycles. The van der Waals surface area contributed by atoms with Gasteiger partial charge in [0.1, 0.15) is 12.0 Å². The summed E-state index contributed by atoms with van der Waals surface area (Å²) in [5.74, 6) is -0.390. The zero-order chi connectivity index (χ0) is 12.6. The Morgan fingerprint density at radius 3 is 2.59 bits per heavy atom. The Kier molecular flexibility index (Phi) is 2.86. The number of hydrazone groups is 1. The molecule has 0 aliphatic carbocycles. The first kappa shape index (κ1) is 12.0. The largest absolute Gasteiger partial charge is 0.434 e. The SMILES string of the molecule is O=C1CC(c2ncnc(C(F)(F)F)c2Br)=NN1. The van der Waals surface area contributed by atoms with E-state index in [1.54, 1.807) is 0 Å². The molecule has 0 fully saturated rings. The van der Waals surface area contributed by atoms with Gasteiger partial charge in [0.05, 0.1) is 16.6 Å². The fourth-order valence-electron chi connectivity index (χ4n) is 1.27. The molecule has 1 aromatic rings. The summed E-state index contributed by atoms with van der Waals surface area (Å²) in [5.41, 5.74) is 1.16. The minimum absolute atomic E-state index is 0.0364. The van der Waals surface area contributed by atoms with Gasteiger partial charge in [-0.3, -0.25) is 4.79 Å². The molecule has 0 bridgehead atoms. The maximum absolute atomic E-state index is 12.5. The molecule has 9 heteroatoms. The maximum atomic E-state index is 12.5. The summed E-state index contributed by atoms with van der Waals surface area (Å²) in [6.07, 6.45) is -3.91. The van der Waals surface area contributed by atoms with Crippen molar-refractivity contribution in [3.8, 4) is 0 Å². The van der Waals surface area contributed by atoms with E-state index in [1.807, 2.05) is 0 Å². The van der Waals surface area contributed by atoms with Crippen molar-refractivity contribution in [3.05, 3.63) is 22.2 Å². The lowest BCUT2D eigenvalue weighted by atomic mass is 10.2. The molecule has 1 aliphatic rings. The van der Waals surface area contributed by atoms with Crippen LogP contribution in [0.5, 0.6) is 0 Å². The molecule has 1 aliphatic heterocycles. The lowest BCUT2D eigenvalue weighted by Crippen LogP contribution is -2.14. The Labute approximate surface area is 101 Å². The molecule has 0 spiro atoms. The van der Waals surface area contributed by atoms with E-state index in [0.29, 0.717) is 0 Å². The molecule has 1 aromatic heterocycles. The standard InChI is InChI=1S/C8H4BrF3N4O/c9-5-6(3-1-4(17)16-15-3)13-2-14-7(5)8(10,11)12/h2H,1H2,(H,16,17). The zero-order valence-corrected chi connectivity index (χ0v) is 9.63. The zero-order valence-electron chi connectivity index (χ0n) is 8.05. The smallest absolute Gasteiger partial charge is 0.273 e. The van der Waals surface area contributed by atoms with E-state index in [2.05, 4.69) is 36.4 Å². The number of hydrogen-bond donors (Lipinski definition) is 1. The second-order valence-electron chi connectivity index (χ2n) is 3.15. The molecular weight excluding hydrogens is 305 g/mol. The summed E-state index contributed by atoms with van der Waals surface area (Å²) in [4.78, 5) is 17.8. The maximum Gasteiger partial charge on any atom is 0.434 e. The fraction of sp³-hybridized carbons (Fsp3) is 0.250. The highest BCUT2D eigenvalue weighted by molar-refractivity contribution is 9.10. The lowest BCUT2D eigenvalue weighted by molar-refractivity contribution is -0.141. The number of alkyl halides is 3. The summed E-state index contributed by atoms with van der Waals surface area (Å²) in [6.45, 7) is 0. The molecule has 0 saturated carbocycles. The molecular formula is C8H4BrF3N4O. The van der Waals surface area contributed by atoms with Crippen molar-refractivity contribution >= 4 is 27.5 Å². The minimum atomic E-state index is -4.59. The van der Waals surface area contributed by atoms with Gasteiger partial charge in [-0.25, -0.2) is 15.4 Å². The number of hydrogen-bond acceptors (Lipinski definition) is 4. The highest BCUT2D eigenvalue weighted by atomic mass is 79.9. The molecule has 1 amide bonds. The molecule has 0 aromatic carbocycles. The monoisotopic (exact) mass is 308 g/mol. The van der Waals surface area contributed by atoms with Gasteiger partial charge in [0.25, 0.3) is 0 Å². The van der Waals surface area contributed by atoms with Gasteiger partial charge in [-0.05, 0) is 15.9 Å². The summed E-state index contributed by atoms with van der Waals surface area (Å²) < 4.78 is 37.3. The molecule has 0 unspecified atom stereocenters. The van der Waals surface area contributed by atoms with E-state index in [0.717, 1.165) is 6.33 Å². The van der Waals surface area contributed by atoms with Gasteiger partial charge in [-0.1, -0.05) is 0 Å². The first-order valence-corrected chi connectivity index (χ1v) is 5.12. The van der Waals surface area contributed by atoms with E-state index < -0.39 is 11.9 Å². The third-order valence-electron chi connectivity index (χ3n) is 1.97. The molecule has 17 heavy (non-hydrogen) atoms. The van der Waals surface area contributed by atoms with Gasteiger partial charge in [0, 0.05) is 0 Å². The number of halogens is 4. The van der Waals surface area contributed by atoms with Crippen LogP contribution in [-0.4, -0.2) is 21.6 Å². The van der Waals surface area contributed by atoms with Crippen LogP contribution in [0.4, 0.5) is 13.2 Å². The molecule has 0 radical (unpaired) electrons. The van der Waals surface area contributed by atoms with Crippen LogP contribution >= 0.6 is 15.9 Å². The molecule has 5 nitrogen and oxygen atoms in total. The Morgan fingerprint density at radius 1 is 1.35 bits per heavy atom. The number of aromatic nitrogens is 2. The van der Waals surface area contributed by atoms with E-state index in [4.69, 9.17) is 0 Å². The van der Waals surface area contributed by atoms with Crippen LogP contribution in [0.1, 0.15) is 17.8 Å². The Morgan fingerprint density at radius 2 is 2.06 bits per heavy atom. The first-order chi connectivity index (χ1) is 7.89.